The molecule has 6 heteroatoms. The van der Waals surface area contributed by atoms with E-state index in [1.165, 1.54) is 17.1 Å². The molecule has 0 aliphatic heterocycles. The van der Waals surface area contributed by atoms with Crippen LogP contribution in [-0.4, -0.2) is 26.8 Å². The van der Waals surface area contributed by atoms with Crippen LogP contribution in [0, 0.1) is 0 Å². The van der Waals surface area contributed by atoms with E-state index in [1.807, 2.05) is 0 Å². The van der Waals surface area contributed by atoms with Crippen LogP contribution < -0.4 is 5.73 Å². The fourth-order valence-electron chi connectivity index (χ4n) is 0.823. The van der Waals surface area contributed by atoms with E-state index in [0.717, 1.165) is 0 Å². The van der Waals surface area contributed by atoms with Crippen LogP contribution in [0.5, 0.6) is 0 Å². The molecule has 1 heterocycles. The highest BCUT2D eigenvalue weighted by Gasteiger charge is 2.04. The second-order valence-corrected chi connectivity index (χ2v) is 2.50. The lowest BCUT2D eigenvalue weighted by Crippen LogP contribution is -2.10. The Morgan fingerprint density at radius 3 is 2.77 bits per heavy atom. The lowest BCUT2D eigenvalue weighted by molar-refractivity contribution is -0.137. The van der Waals surface area contributed by atoms with E-state index >= 15 is 0 Å². The summed E-state index contributed by atoms with van der Waals surface area (Å²) >= 11 is 0. The molecule has 1 amide bonds. The van der Waals surface area contributed by atoms with Gasteiger partial charge >= 0.3 is 5.97 Å². The minimum absolute atomic E-state index is 0.0279. The van der Waals surface area contributed by atoms with Gasteiger partial charge in [-0.25, -0.2) is 0 Å². The van der Waals surface area contributed by atoms with Gasteiger partial charge < -0.3 is 10.8 Å². The maximum absolute atomic E-state index is 10.6. The maximum atomic E-state index is 10.6. The molecule has 0 saturated heterocycles. The first-order valence-corrected chi connectivity index (χ1v) is 3.63. The van der Waals surface area contributed by atoms with Crippen molar-refractivity contribution in [2.24, 2.45) is 5.73 Å². The van der Waals surface area contributed by atoms with Crippen molar-refractivity contribution in [1.29, 1.82) is 0 Å². The lowest BCUT2D eigenvalue weighted by Gasteiger charge is -1.95. The molecular formula is C7H9N3O3. The van der Waals surface area contributed by atoms with E-state index in [4.69, 9.17) is 10.8 Å². The molecule has 6 nitrogen and oxygen atoms in total. The molecule has 1 rings (SSSR count). The summed E-state index contributed by atoms with van der Waals surface area (Å²) in [5.41, 5.74) is 5.26. The van der Waals surface area contributed by atoms with Gasteiger partial charge in [-0.05, 0) is 0 Å². The smallest absolute Gasteiger partial charge is 0.305 e. The molecule has 3 N–H and O–H groups in total. The number of hydrogen-bond donors (Lipinski definition) is 2. The van der Waals surface area contributed by atoms with Crippen molar-refractivity contribution >= 4 is 11.9 Å². The first-order valence-electron chi connectivity index (χ1n) is 3.63. The molecule has 0 atom stereocenters. The summed E-state index contributed by atoms with van der Waals surface area (Å²) in [7, 11) is 0. The zero-order valence-corrected chi connectivity index (χ0v) is 6.80. The minimum atomic E-state index is -0.906. The largest absolute Gasteiger partial charge is 0.481 e. The molecule has 0 aliphatic rings. The molecule has 1 aromatic heterocycles. The van der Waals surface area contributed by atoms with E-state index < -0.39 is 11.9 Å². The number of carbonyl (C=O) groups is 2. The number of primary amides is 1. The van der Waals surface area contributed by atoms with Gasteiger partial charge in [-0.15, -0.1) is 0 Å². The molecule has 0 bridgehead atoms. The summed E-state index contributed by atoms with van der Waals surface area (Å²) in [6.07, 6.45) is 2.70. The second kappa shape index (κ2) is 3.70. The van der Waals surface area contributed by atoms with Crippen molar-refractivity contribution in [3.63, 3.8) is 0 Å². The van der Waals surface area contributed by atoms with Gasteiger partial charge in [0.1, 0.15) is 0 Å². The Bertz CT molecular complexity index is 331. The van der Waals surface area contributed by atoms with Crippen molar-refractivity contribution in [2.75, 3.05) is 0 Å². The average Bonchev–Trinajstić information content (AvgIpc) is 2.48. The molecule has 0 unspecified atom stereocenters. The highest BCUT2D eigenvalue weighted by atomic mass is 16.4. The van der Waals surface area contributed by atoms with Gasteiger partial charge in [-0.2, -0.15) is 5.10 Å². The molecule has 1 aromatic rings. The summed E-state index contributed by atoms with van der Waals surface area (Å²) in [5, 5.41) is 12.1. The van der Waals surface area contributed by atoms with Crippen LogP contribution in [0.25, 0.3) is 0 Å². The number of aliphatic carboxylic acids is 1. The molecule has 0 aliphatic carbocycles. The van der Waals surface area contributed by atoms with Gasteiger partial charge in [0.25, 0.3) is 5.91 Å². The number of hydrogen-bond acceptors (Lipinski definition) is 3. The molecule has 70 valence electrons. The number of carboxylic acids is 1. The number of carboxylic acid groups (broad SMARTS) is 1. The Morgan fingerprint density at radius 1 is 1.62 bits per heavy atom. The van der Waals surface area contributed by atoms with Crippen LogP contribution in [0.1, 0.15) is 16.8 Å². The van der Waals surface area contributed by atoms with Gasteiger partial charge in [0.15, 0.2) is 0 Å². The van der Waals surface area contributed by atoms with Crippen LogP contribution in [0.2, 0.25) is 0 Å². The molecule has 0 aromatic carbocycles. The third-order valence-electron chi connectivity index (χ3n) is 1.47. The summed E-state index contributed by atoms with van der Waals surface area (Å²) in [5.74, 6) is -1.47. The Balaban J connectivity index is 2.59. The highest BCUT2D eigenvalue weighted by molar-refractivity contribution is 5.92. The minimum Gasteiger partial charge on any atom is -0.481 e. The van der Waals surface area contributed by atoms with Crippen LogP contribution in [-0.2, 0) is 11.3 Å². The predicted octanol–water partition coefficient (Wildman–Crippen LogP) is -0.543. The van der Waals surface area contributed by atoms with Gasteiger partial charge in [0.2, 0.25) is 0 Å². The Hall–Kier alpha value is -1.85. The monoisotopic (exact) mass is 183 g/mol. The fourth-order valence-corrected chi connectivity index (χ4v) is 0.823. The number of aryl methyl sites for hydroxylation is 1. The fraction of sp³-hybridized carbons (Fsp3) is 0.286. The van der Waals surface area contributed by atoms with Gasteiger partial charge in [0, 0.05) is 6.20 Å². The van der Waals surface area contributed by atoms with Crippen molar-refractivity contribution in [1.82, 2.24) is 9.78 Å². The van der Waals surface area contributed by atoms with Crippen molar-refractivity contribution in [3.8, 4) is 0 Å². The van der Waals surface area contributed by atoms with Gasteiger partial charge in [-0.3, -0.25) is 14.3 Å². The van der Waals surface area contributed by atoms with Crippen molar-refractivity contribution < 1.29 is 14.7 Å². The predicted molar refractivity (Wildman–Crippen MR) is 43.0 cm³/mol. The van der Waals surface area contributed by atoms with E-state index in [0.29, 0.717) is 0 Å². The summed E-state index contributed by atoms with van der Waals surface area (Å²) in [6.45, 7) is 0.239. The second-order valence-electron chi connectivity index (χ2n) is 2.50. The number of nitrogens with zero attached hydrogens (tertiary/aromatic N) is 2. The van der Waals surface area contributed by atoms with Crippen LogP contribution in [0.15, 0.2) is 12.4 Å². The Morgan fingerprint density at radius 2 is 2.31 bits per heavy atom. The van der Waals surface area contributed by atoms with Crippen molar-refractivity contribution in [3.05, 3.63) is 18.0 Å². The Kier molecular flexibility index (Phi) is 2.63. The summed E-state index contributed by atoms with van der Waals surface area (Å²) in [6, 6.07) is 0. The van der Waals surface area contributed by atoms with Crippen LogP contribution in [0.4, 0.5) is 0 Å². The highest BCUT2D eigenvalue weighted by Crippen LogP contribution is 1.97. The van der Waals surface area contributed by atoms with Crippen molar-refractivity contribution in [2.45, 2.75) is 13.0 Å². The summed E-state index contributed by atoms with van der Waals surface area (Å²) in [4.78, 5) is 20.8. The zero-order valence-electron chi connectivity index (χ0n) is 6.80. The third kappa shape index (κ3) is 2.58. The average molecular weight is 183 g/mol. The number of carbonyl (C=O) groups excluding carboxylic acids is 1. The topological polar surface area (TPSA) is 98.2 Å². The number of nitrogens with two attached hydrogens (primary N) is 1. The third-order valence-corrected chi connectivity index (χ3v) is 1.47. The number of aromatic nitrogens is 2. The van der Waals surface area contributed by atoms with E-state index in [9.17, 15) is 9.59 Å². The maximum Gasteiger partial charge on any atom is 0.305 e. The lowest BCUT2D eigenvalue weighted by atomic mass is 10.3. The summed E-state index contributed by atoms with van der Waals surface area (Å²) < 4.78 is 1.37. The Labute approximate surface area is 74.0 Å². The quantitative estimate of drug-likeness (QED) is 0.654. The number of rotatable bonds is 4. The van der Waals surface area contributed by atoms with Crippen LogP contribution in [0.3, 0.4) is 0 Å². The van der Waals surface area contributed by atoms with E-state index in [-0.39, 0.29) is 18.5 Å². The molecule has 0 spiro atoms. The first kappa shape index (κ1) is 9.24. The first-order chi connectivity index (χ1) is 6.09. The SMILES string of the molecule is NC(=O)c1cnn(CCC(=O)O)c1. The molecule has 0 radical (unpaired) electrons. The zero-order chi connectivity index (χ0) is 9.84. The van der Waals surface area contributed by atoms with Crippen LogP contribution >= 0.6 is 0 Å². The van der Waals surface area contributed by atoms with Gasteiger partial charge in [-0.1, -0.05) is 0 Å². The molecule has 0 fully saturated rings. The molecular weight excluding hydrogens is 174 g/mol. The standard InChI is InChI=1S/C7H9N3O3/c8-7(13)5-3-9-10(4-5)2-1-6(11)12/h3-4H,1-2H2,(H2,8,13)(H,11,12). The number of amides is 1. The molecule has 13 heavy (non-hydrogen) atoms. The van der Waals surface area contributed by atoms with E-state index in [2.05, 4.69) is 5.10 Å². The van der Waals surface area contributed by atoms with Gasteiger partial charge in [0.05, 0.1) is 24.7 Å². The molecule has 0 saturated carbocycles. The normalized spacial score (nSPS) is 9.85. The van der Waals surface area contributed by atoms with E-state index in [1.54, 1.807) is 0 Å².